The molecule has 0 fully saturated rings. The summed E-state index contributed by atoms with van der Waals surface area (Å²) in [7, 11) is 0. The van der Waals surface area contributed by atoms with Gasteiger partial charge >= 0.3 is 0 Å². The fraction of sp³-hybridized carbons (Fsp3) is 0. The minimum atomic E-state index is -0.531. The second-order valence-corrected chi connectivity index (χ2v) is 3.93. The van der Waals surface area contributed by atoms with Gasteiger partial charge in [-0.05, 0) is 24.3 Å². The Balaban J connectivity index is 2.30. The van der Waals surface area contributed by atoms with Gasteiger partial charge in [-0.3, -0.25) is 9.59 Å². The summed E-state index contributed by atoms with van der Waals surface area (Å²) >= 11 is 0. The van der Waals surface area contributed by atoms with Gasteiger partial charge in [0, 0.05) is 11.6 Å². The average molecular weight is 256 g/mol. The van der Waals surface area contributed by atoms with Crippen molar-refractivity contribution in [3.05, 3.63) is 57.2 Å². The molecule has 6 nitrogen and oxygen atoms in total. The number of aromatic hydroxyl groups is 1. The molecule has 19 heavy (non-hydrogen) atoms. The van der Waals surface area contributed by atoms with Gasteiger partial charge in [0.1, 0.15) is 16.9 Å². The van der Waals surface area contributed by atoms with Gasteiger partial charge < -0.3 is 14.5 Å². The molecular weight excluding hydrogens is 248 g/mol. The molecule has 0 saturated heterocycles. The van der Waals surface area contributed by atoms with Gasteiger partial charge in [0.05, 0.1) is 6.33 Å². The summed E-state index contributed by atoms with van der Waals surface area (Å²) in [5, 5.41) is 9.11. The summed E-state index contributed by atoms with van der Waals surface area (Å²) in [4.78, 5) is 29.6. The van der Waals surface area contributed by atoms with Crippen LogP contribution in [-0.4, -0.2) is 15.1 Å². The Kier molecular flexibility index (Phi) is 2.42. The normalized spacial score (nSPS) is 10.7. The van der Waals surface area contributed by atoms with Crippen molar-refractivity contribution in [1.82, 2.24) is 9.97 Å². The van der Waals surface area contributed by atoms with Crippen molar-refractivity contribution >= 4 is 11.1 Å². The average Bonchev–Trinajstić information content (AvgIpc) is 2.39. The summed E-state index contributed by atoms with van der Waals surface area (Å²) in [6, 6.07) is 7.39. The lowest BCUT2D eigenvalue weighted by molar-refractivity contribution is 0.475. The van der Waals surface area contributed by atoms with Crippen molar-refractivity contribution in [1.29, 1.82) is 0 Å². The molecule has 0 unspecified atom stereocenters. The van der Waals surface area contributed by atoms with Gasteiger partial charge in [-0.2, -0.15) is 0 Å². The highest BCUT2D eigenvalue weighted by Crippen LogP contribution is 2.22. The van der Waals surface area contributed by atoms with Crippen LogP contribution < -0.4 is 11.0 Å². The van der Waals surface area contributed by atoms with Gasteiger partial charge in [0.15, 0.2) is 0 Å². The molecule has 6 heteroatoms. The van der Waals surface area contributed by atoms with E-state index < -0.39 is 11.0 Å². The quantitative estimate of drug-likeness (QED) is 0.683. The second kappa shape index (κ2) is 4.09. The predicted molar refractivity (Wildman–Crippen MR) is 68.0 cm³/mol. The van der Waals surface area contributed by atoms with E-state index in [1.165, 1.54) is 24.5 Å². The van der Waals surface area contributed by atoms with Crippen LogP contribution in [0, 0.1) is 0 Å². The first kappa shape index (κ1) is 11.2. The number of hydrogen-bond donors (Lipinski definition) is 2. The number of hydrogen-bond acceptors (Lipinski definition) is 5. The molecule has 0 saturated carbocycles. The first-order valence-corrected chi connectivity index (χ1v) is 5.46. The maximum atomic E-state index is 11.9. The second-order valence-electron chi connectivity index (χ2n) is 3.93. The highest BCUT2D eigenvalue weighted by atomic mass is 16.3. The molecule has 0 atom stereocenters. The Morgan fingerprint density at radius 2 is 1.89 bits per heavy atom. The van der Waals surface area contributed by atoms with Crippen LogP contribution in [0.2, 0.25) is 0 Å². The van der Waals surface area contributed by atoms with Crippen LogP contribution in [0.25, 0.3) is 22.4 Å². The molecule has 0 radical (unpaired) electrons. The largest absolute Gasteiger partial charge is 0.508 e. The number of rotatable bonds is 1. The van der Waals surface area contributed by atoms with Crippen molar-refractivity contribution in [2.75, 3.05) is 0 Å². The first-order valence-electron chi connectivity index (χ1n) is 5.46. The fourth-order valence-corrected chi connectivity index (χ4v) is 1.77. The lowest BCUT2D eigenvalue weighted by Crippen LogP contribution is -2.15. The molecule has 3 aromatic rings. The third-order valence-corrected chi connectivity index (χ3v) is 2.69. The van der Waals surface area contributed by atoms with Crippen LogP contribution in [0.5, 0.6) is 5.75 Å². The van der Waals surface area contributed by atoms with E-state index in [0.717, 1.165) is 0 Å². The van der Waals surface area contributed by atoms with Gasteiger partial charge in [-0.1, -0.05) is 0 Å². The van der Waals surface area contributed by atoms with E-state index in [-0.39, 0.29) is 22.6 Å². The maximum absolute atomic E-state index is 11.9. The number of nitrogens with zero attached hydrogens (tertiary/aromatic N) is 1. The van der Waals surface area contributed by atoms with Gasteiger partial charge in [-0.15, -0.1) is 0 Å². The molecule has 2 heterocycles. The summed E-state index contributed by atoms with van der Waals surface area (Å²) in [6.07, 6.45) is 1.17. The van der Waals surface area contributed by atoms with Crippen LogP contribution in [0.3, 0.4) is 0 Å². The molecule has 1 aromatic carbocycles. The molecule has 0 aliphatic heterocycles. The van der Waals surface area contributed by atoms with Crippen molar-refractivity contribution in [3.63, 3.8) is 0 Å². The van der Waals surface area contributed by atoms with E-state index in [4.69, 9.17) is 4.42 Å². The number of phenols is 1. The third-order valence-electron chi connectivity index (χ3n) is 2.69. The van der Waals surface area contributed by atoms with Crippen molar-refractivity contribution in [2.45, 2.75) is 0 Å². The molecule has 0 spiro atoms. The maximum Gasteiger partial charge on any atom is 0.265 e. The number of aromatic amines is 1. The van der Waals surface area contributed by atoms with E-state index in [1.807, 2.05) is 0 Å². The Bertz CT molecular complexity index is 862. The van der Waals surface area contributed by atoms with E-state index in [2.05, 4.69) is 9.97 Å². The van der Waals surface area contributed by atoms with Crippen LogP contribution in [0.4, 0.5) is 0 Å². The highest BCUT2D eigenvalue weighted by Gasteiger charge is 2.10. The zero-order valence-electron chi connectivity index (χ0n) is 9.58. The number of H-pyrrole nitrogens is 1. The molecule has 2 aromatic heterocycles. The van der Waals surface area contributed by atoms with Crippen molar-refractivity contribution in [3.8, 4) is 17.1 Å². The molecule has 3 rings (SSSR count). The molecule has 0 bridgehead atoms. The summed E-state index contributed by atoms with van der Waals surface area (Å²) in [6.45, 7) is 0. The zero-order chi connectivity index (χ0) is 13.4. The minimum Gasteiger partial charge on any atom is -0.508 e. The third kappa shape index (κ3) is 1.89. The molecule has 0 aliphatic rings. The van der Waals surface area contributed by atoms with E-state index >= 15 is 0 Å². The Morgan fingerprint density at radius 3 is 2.63 bits per heavy atom. The Hall–Kier alpha value is -2.89. The van der Waals surface area contributed by atoms with E-state index in [9.17, 15) is 14.7 Å². The van der Waals surface area contributed by atoms with Crippen LogP contribution in [0.1, 0.15) is 0 Å². The smallest absolute Gasteiger partial charge is 0.265 e. The summed E-state index contributed by atoms with van der Waals surface area (Å²) in [5.41, 5.74) is -0.395. The SMILES string of the molecule is O=c1cc(-c2ccc(O)cc2)oc2nc[nH]c(=O)c12. The summed E-state index contributed by atoms with van der Waals surface area (Å²) in [5.74, 6) is 0.400. The molecular formula is C13H8N2O4. The Labute approximate surface area is 106 Å². The molecule has 0 amide bonds. The van der Waals surface area contributed by atoms with Gasteiger partial charge in [0.2, 0.25) is 11.1 Å². The van der Waals surface area contributed by atoms with Crippen LogP contribution in [-0.2, 0) is 0 Å². The lowest BCUT2D eigenvalue weighted by Gasteiger charge is -2.01. The lowest BCUT2D eigenvalue weighted by atomic mass is 10.1. The number of benzene rings is 1. The molecule has 2 N–H and O–H groups in total. The topological polar surface area (TPSA) is 96.2 Å². The minimum absolute atomic E-state index is 0.0145. The molecule has 94 valence electrons. The highest BCUT2D eigenvalue weighted by molar-refractivity contribution is 5.74. The first-order chi connectivity index (χ1) is 9.15. The van der Waals surface area contributed by atoms with Gasteiger partial charge in [0.25, 0.3) is 5.56 Å². The van der Waals surface area contributed by atoms with Gasteiger partial charge in [-0.25, -0.2) is 4.98 Å². The number of nitrogens with one attached hydrogen (secondary N) is 1. The van der Waals surface area contributed by atoms with Crippen molar-refractivity contribution in [2.24, 2.45) is 0 Å². The standard InChI is InChI=1S/C13H8N2O4/c16-8-3-1-7(2-4-8)10-5-9(17)11-12(18)14-6-15-13(11)19-10/h1-6,16H,(H,14,15,18). The van der Waals surface area contributed by atoms with Crippen LogP contribution in [0.15, 0.2) is 50.7 Å². The Morgan fingerprint density at radius 1 is 1.16 bits per heavy atom. The molecule has 0 aliphatic carbocycles. The van der Waals surface area contributed by atoms with Crippen molar-refractivity contribution < 1.29 is 9.52 Å². The monoisotopic (exact) mass is 256 g/mol. The van der Waals surface area contributed by atoms with E-state index in [0.29, 0.717) is 5.56 Å². The van der Waals surface area contributed by atoms with E-state index in [1.54, 1.807) is 12.1 Å². The fourth-order valence-electron chi connectivity index (χ4n) is 1.77. The number of aromatic nitrogens is 2. The predicted octanol–water partition coefficient (Wildman–Crippen LogP) is 1.25. The summed E-state index contributed by atoms with van der Waals surface area (Å²) < 4.78 is 5.44. The number of phenolic OH excluding ortho intramolecular Hbond substituents is 1. The zero-order valence-corrected chi connectivity index (χ0v) is 9.58. The number of fused-ring (bicyclic) bond motifs is 1. The van der Waals surface area contributed by atoms with Crippen LogP contribution >= 0.6 is 0 Å².